The Kier molecular flexibility index (Phi) is 2.44. The van der Waals surface area contributed by atoms with Crippen molar-refractivity contribution in [3.63, 3.8) is 0 Å². The molecule has 0 amide bonds. The van der Waals surface area contributed by atoms with Gasteiger partial charge in [-0.1, -0.05) is 6.08 Å². The molecule has 0 unspecified atom stereocenters. The molecule has 0 fully saturated rings. The van der Waals surface area contributed by atoms with Crippen molar-refractivity contribution in [1.82, 2.24) is 0 Å². The number of aliphatic hydroxyl groups is 2. The lowest BCUT2D eigenvalue weighted by Crippen LogP contribution is -2.36. The minimum atomic E-state index is -4.53. The Morgan fingerprint density at radius 3 is 2.33 bits per heavy atom. The van der Waals surface area contributed by atoms with Crippen LogP contribution in [0.4, 0.5) is 13.2 Å². The van der Waals surface area contributed by atoms with Crippen LogP contribution in [0.25, 0.3) is 0 Å². The van der Waals surface area contributed by atoms with E-state index in [1.807, 2.05) is 0 Å². The topological polar surface area (TPSA) is 40.5 Å². The van der Waals surface area contributed by atoms with Gasteiger partial charge in [0.05, 0.1) is 11.7 Å². The molecule has 0 aromatic heterocycles. The van der Waals surface area contributed by atoms with Crippen molar-refractivity contribution in [3.8, 4) is 0 Å². The quantitative estimate of drug-likeness (QED) is 0.548. The van der Waals surface area contributed by atoms with Gasteiger partial charge in [-0.2, -0.15) is 13.2 Å². The number of hydrogen-bond donors (Lipinski definition) is 2. The van der Waals surface area contributed by atoms with Gasteiger partial charge < -0.3 is 10.2 Å². The van der Waals surface area contributed by atoms with Crippen LogP contribution in [-0.4, -0.2) is 28.6 Å². The van der Waals surface area contributed by atoms with Crippen LogP contribution in [0.2, 0.25) is 0 Å². The van der Waals surface area contributed by atoms with Crippen LogP contribution < -0.4 is 0 Å². The monoisotopic (exact) mass is 182 g/mol. The molecule has 0 heterocycles. The Morgan fingerprint density at radius 1 is 1.33 bits per heavy atom. The van der Waals surface area contributed by atoms with Gasteiger partial charge in [0.25, 0.3) is 0 Å². The highest BCUT2D eigenvalue weighted by molar-refractivity contribution is 5.18. The molecule has 2 N–H and O–H groups in total. The highest BCUT2D eigenvalue weighted by Gasteiger charge is 2.41. The molecular formula is C7H9F3O2. The van der Waals surface area contributed by atoms with Gasteiger partial charge in [-0.25, -0.2) is 0 Å². The molecule has 1 aliphatic carbocycles. The molecular weight excluding hydrogens is 173 g/mol. The Balaban J connectivity index is 2.82. The van der Waals surface area contributed by atoms with E-state index in [0.717, 1.165) is 6.08 Å². The van der Waals surface area contributed by atoms with E-state index in [0.29, 0.717) is 0 Å². The zero-order valence-corrected chi connectivity index (χ0v) is 6.17. The molecule has 0 aromatic carbocycles. The Hall–Kier alpha value is -0.550. The van der Waals surface area contributed by atoms with E-state index in [9.17, 15) is 13.2 Å². The van der Waals surface area contributed by atoms with Crippen LogP contribution in [0.1, 0.15) is 12.8 Å². The van der Waals surface area contributed by atoms with Gasteiger partial charge in [0.2, 0.25) is 0 Å². The fourth-order valence-electron chi connectivity index (χ4n) is 1.18. The molecule has 1 rings (SSSR count). The van der Waals surface area contributed by atoms with Crippen molar-refractivity contribution in [3.05, 3.63) is 11.6 Å². The van der Waals surface area contributed by atoms with E-state index >= 15 is 0 Å². The Bertz CT molecular complexity index is 197. The number of allylic oxidation sites excluding steroid dienone is 1. The lowest BCUT2D eigenvalue weighted by Gasteiger charge is -2.25. The third-order valence-electron chi connectivity index (χ3n) is 1.84. The van der Waals surface area contributed by atoms with Crippen LogP contribution >= 0.6 is 0 Å². The molecule has 0 radical (unpaired) electrons. The van der Waals surface area contributed by atoms with Crippen LogP contribution in [-0.2, 0) is 0 Å². The number of hydrogen-bond acceptors (Lipinski definition) is 2. The number of rotatable bonds is 0. The predicted octanol–water partition coefficient (Wildman–Crippen LogP) is 0.991. The maximum atomic E-state index is 12.0. The number of alkyl halides is 3. The normalized spacial score (nSPS) is 31.6. The largest absolute Gasteiger partial charge is 0.414 e. The number of halogens is 3. The summed E-state index contributed by atoms with van der Waals surface area (Å²) in [5.41, 5.74) is -1.03. The van der Waals surface area contributed by atoms with Crippen LogP contribution in [0.15, 0.2) is 11.6 Å². The Labute approximate surface area is 67.3 Å². The smallest absolute Gasteiger partial charge is 0.390 e. The van der Waals surface area contributed by atoms with Crippen LogP contribution in [0.3, 0.4) is 0 Å². The summed E-state index contributed by atoms with van der Waals surface area (Å²) in [7, 11) is 0. The summed E-state index contributed by atoms with van der Waals surface area (Å²) in [4.78, 5) is 0. The molecule has 0 saturated carbocycles. The molecule has 5 heteroatoms. The first-order valence-corrected chi connectivity index (χ1v) is 3.56. The summed E-state index contributed by atoms with van der Waals surface area (Å²) in [5, 5.41) is 17.9. The average Bonchev–Trinajstić information content (AvgIpc) is 1.92. The van der Waals surface area contributed by atoms with Crippen LogP contribution in [0, 0.1) is 0 Å². The lowest BCUT2D eigenvalue weighted by molar-refractivity contribution is -0.118. The Morgan fingerprint density at radius 2 is 1.92 bits per heavy atom. The maximum Gasteiger partial charge on any atom is 0.414 e. The molecule has 12 heavy (non-hydrogen) atoms. The second-order valence-electron chi connectivity index (χ2n) is 2.75. The van der Waals surface area contributed by atoms with E-state index < -0.39 is 24.0 Å². The first kappa shape index (κ1) is 9.54. The van der Waals surface area contributed by atoms with E-state index in [1.165, 1.54) is 0 Å². The zero-order valence-electron chi connectivity index (χ0n) is 6.17. The minimum absolute atomic E-state index is 0.160. The summed E-state index contributed by atoms with van der Waals surface area (Å²) in [5.74, 6) is 0. The molecule has 0 aliphatic heterocycles. The van der Waals surface area contributed by atoms with Gasteiger partial charge >= 0.3 is 6.18 Å². The second kappa shape index (κ2) is 3.06. The predicted molar refractivity (Wildman–Crippen MR) is 35.4 cm³/mol. The third kappa shape index (κ3) is 1.78. The van der Waals surface area contributed by atoms with Crippen molar-refractivity contribution in [2.24, 2.45) is 0 Å². The van der Waals surface area contributed by atoms with Crippen molar-refractivity contribution in [1.29, 1.82) is 0 Å². The average molecular weight is 182 g/mol. The molecule has 0 saturated heterocycles. The highest BCUT2D eigenvalue weighted by Crippen LogP contribution is 2.33. The van der Waals surface area contributed by atoms with E-state index in [1.54, 1.807) is 0 Å². The van der Waals surface area contributed by atoms with Gasteiger partial charge in [0.1, 0.15) is 6.10 Å². The standard InChI is InChI=1S/C7H9F3O2/c8-7(9,10)4-2-1-3-5(11)6(4)12/h2,5-6,11-12H,1,3H2/t5-,6+/m0/s1. The van der Waals surface area contributed by atoms with Crippen LogP contribution in [0.5, 0.6) is 0 Å². The summed E-state index contributed by atoms with van der Waals surface area (Å²) in [6.07, 6.45) is -6.32. The summed E-state index contributed by atoms with van der Waals surface area (Å²) in [6, 6.07) is 0. The van der Waals surface area contributed by atoms with E-state index in [4.69, 9.17) is 10.2 Å². The molecule has 70 valence electrons. The van der Waals surface area contributed by atoms with Gasteiger partial charge in [-0.05, 0) is 12.8 Å². The maximum absolute atomic E-state index is 12.0. The molecule has 2 nitrogen and oxygen atoms in total. The molecule has 1 aliphatic rings. The fourth-order valence-corrected chi connectivity index (χ4v) is 1.18. The molecule has 0 aromatic rings. The lowest BCUT2D eigenvalue weighted by atomic mass is 9.93. The van der Waals surface area contributed by atoms with Crippen molar-refractivity contribution in [2.45, 2.75) is 31.2 Å². The van der Waals surface area contributed by atoms with E-state index in [-0.39, 0.29) is 12.8 Å². The van der Waals surface area contributed by atoms with Gasteiger partial charge in [0, 0.05) is 0 Å². The van der Waals surface area contributed by atoms with Gasteiger partial charge in [0.15, 0.2) is 0 Å². The first-order valence-electron chi connectivity index (χ1n) is 3.56. The summed E-state index contributed by atoms with van der Waals surface area (Å²) < 4.78 is 36.1. The van der Waals surface area contributed by atoms with Gasteiger partial charge in [-0.3, -0.25) is 0 Å². The minimum Gasteiger partial charge on any atom is -0.390 e. The fraction of sp³-hybridized carbons (Fsp3) is 0.714. The second-order valence-corrected chi connectivity index (χ2v) is 2.75. The molecule has 0 bridgehead atoms. The number of aliphatic hydroxyl groups excluding tert-OH is 2. The summed E-state index contributed by atoms with van der Waals surface area (Å²) in [6.45, 7) is 0. The van der Waals surface area contributed by atoms with E-state index in [2.05, 4.69) is 0 Å². The zero-order chi connectivity index (χ0) is 9.35. The van der Waals surface area contributed by atoms with Gasteiger partial charge in [-0.15, -0.1) is 0 Å². The van der Waals surface area contributed by atoms with Crippen molar-refractivity contribution < 1.29 is 23.4 Å². The molecule has 0 spiro atoms. The third-order valence-corrected chi connectivity index (χ3v) is 1.84. The van der Waals surface area contributed by atoms with Crippen molar-refractivity contribution >= 4 is 0 Å². The first-order chi connectivity index (χ1) is 5.43. The highest BCUT2D eigenvalue weighted by atomic mass is 19.4. The molecule has 2 atom stereocenters. The van der Waals surface area contributed by atoms with Crippen molar-refractivity contribution in [2.75, 3.05) is 0 Å². The SMILES string of the molecule is O[C@@H]1C(C(F)(F)F)=CCC[C@@H]1O. The summed E-state index contributed by atoms with van der Waals surface area (Å²) >= 11 is 0.